The van der Waals surface area contributed by atoms with Crippen molar-refractivity contribution >= 4 is 17.5 Å². The molecule has 0 spiro atoms. The van der Waals surface area contributed by atoms with Crippen molar-refractivity contribution in [3.05, 3.63) is 54.1 Å². The molecular weight excluding hydrogens is 368 g/mol. The van der Waals surface area contributed by atoms with Crippen LogP contribution in [0.1, 0.15) is 25.3 Å². The third-order valence-corrected chi connectivity index (χ3v) is 5.27. The molecule has 154 valence electrons. The van der Waals surface area contributed by atoms with Crippen LogP contribution < -0.4 is 19.7 Å². The Balaban J connectivity index is 1.60. The number of methoxy groups -OCH3 is 2. The van der Waals surface area contributed by atoms with E-state index in [1.807, 2.05) is 25.1 Å². The number of nitrogens with zero attached hydrogens (tertiary/aromatic N) is 1. The zero-order chi connectivity index (χ0) is 20.8. The average molecular weight is 396 g/mol. The van der Waals surface area contributed by atoms with Crippen LogP contribution >= 0.6 is 0 Å². The molecule has 1 aliphatic heterocycles. The predicted molar refractivity (Wildman–Crippen MR) is 112 cm³/mol. The highest BCUT2D eigenvalue weighted by Gasteiger charge is 2.36. The van der Waals surface area contributed by atoms with E-state index >= 15 is 0 Å². The summed E-state index contributed by atoms with van der Waals surface area (Å²) in [5.74, 6) is 0.668. The molecule has 0 unspecified atom stereocenters. The quantitative estimate of drug-likeness (QED) is 0.744. The van der Waals surface area contributed by atoms with Gasteiger partial charge >= 0.3 is 0 Å². The van der Waals surface area contributed by atoms with Crippen molar-refractivity contribution < 1.29 is 19.1 Å². The number of carbonyl (C=O) groups is 2. The molecule has 2 aromatic carbocycles. The van der Waals surface area contributed by atoms with Crippen molar-refractivity contribution in [1.29, 1.82) is 0 Å². The van der Waals surface area contributed by atoms with Crippen LogP contribution in [0.3, 0.4) is 0 Å². The Morgan fingerprint density at radius 1 is 1.17 bits per heavy atom. The molecular formula is C23H28N2O4. The van der Waals surface area contributed by atoms with E-state index in [1.165, 1.54) is 5.56 Å². The molecule has 0 radical (unpaired) electrons. The normalized spacial score (nSPS) is 17.1. The Morgan fingerprint density at radius 2 is 1.93 bits per heavy atom. The van der Waals surface area contributed by atoms with Crippen LogP contribution in [0, 0.1) is 5.92 Å². The van der Waals surface area contributed by atoms with Gasteiger partial charge in [0.2, 0.25) is 11.8 Å². The van der Waals surface area contributed by atoms with Gasteiger partial charge in [0.05, 0.1) is 25.8 Å². The molecule has 0 bridgehead atoms. The number of rotatable bonds is 8. The number of anilines is 1. The fourth-order valence-electron chi connectivity index (χ4n) is 3.58. The van der Waals surface area contributed by atoms with Crippen LogP contribution in [-0.4, -0.2) is 38.6 Å². The van der Waals surface area contributed by atoms with Crippen LogP contribution in [0.25, 0.3) is 0 Å². The van der Waals surface area contributed by atoms with Crippen LogP contribution in [0.15, 0.2) is 48.5 Å². The van der Waals surface area contributed by atoms with E-state index in [1.54, 1.807) is 37.3 Å². The molecule has 0 aliphatic carbocycles. The zero-order valence-electron chi connectivity index (χ0n) is 17.2. The summed E-state index contributed by atoms with van der Waals surface area (Å²) < 4.78 is 10.7. The van der Waals surface area contributed by atoms with Gasteiger partial charge < -0.3 is 19.7 Å². The van der Waals surface area contributed by atoms with Gasteiger partial charge in [0.25, 0.3) is 0 Å². The summed E-state index contributed by atoms with van der Waals surface area (Å²) in [4.78, 5) is 26.9. The molecule has 2 aromatic rings. The van der Waals surface area contributed by atoms with Crippen molar-refractivity contribution in [3.63, 3.8) is 0 Å². The van der Waals surface area contributed by atoms with E-state index in [4.69, 9.17) is 9.47 Å². The lowest BCUT2D eigenvalue weighted by Gasteiger charge is -2.21. The van der Waals surface area contributed by atoms with Crippen molar-refractivity contribution in [1.82, 2.24) is 5.32 Å². The maximum absolute atomic E-state index is 12.7. The van der Waals surface area contributed by atoms with Gasteiger partial charge in [-0.15, -0.1) is 0 Å². The first-order chi connectivity index (χ1) is 14.0. The third-order valence-electron chi connectivity index (χ3n) is 5.27. The molecule has 2 amide bonds. The Morgan fingerprint density at radius 3 is 2.62 bits per heavy atom. The van der Waals surface area contributed by atoms with Crippen LogP contribution in [0.4, 0.5) is 5.69 Å². The summed E-state index contributed by atoms with van der Waals surface area (Å²) >= 11 is 0. The smallest absolute Gasteiger partial charge is 0.227 e. The van der Waals surface area contributed by atoms with E-state index in [2.05, 4.69) is 17.4 Å². The van der Waals surface area contributed by atoms with Gasteiger partial charge in [-0.25, -0.2) is 0 Å². The summed E-state index contributed by atoms with van der Waals surface area (Å²) in [5, 5.41) is 3.06. The molecule has 1 aliphatic rings. The summed E-state index contributed by atoms with van der Waals surface area (Å²) in [7, 11) is 3.13. The summed E-state index contributed by atoms with van der Waals surface area (Å²) in [6.07, 6.45) is 1.94. The number of carbonyl (C=O) groups excluding carboxylic acids is 2. The summed E-state index contributed by atoms with van der Waals surface area (Å²) in [6, 6.07) is 15.6. The number of amides is 2. The van der Waals surface area contributed by atoms with Gasteiger partial charge in [0.1, 0.15) is 11.5 Å². The van der Waals surface area contributed by atoms with Gasteiger partial charge in [-0.2, -0.15) is 0 Å². The van der Waals surface area contributed by atoms with E-state index in [9.17, 15) is 9.59 Å². The maximum Gasteiger partial charge on any atom is 0.227 e. The third kappa shape index (κ3) is 5.08. The number of benzene rings is 2. The second-order valence-electron chi connectivity index (χ2n) is 7.38. The number of ether oxygens (including phenoxy) is 2. The zero-order valence-corrected chi connectivity index (χ0v) is 17.2. The lowest BCUT2D eigenvalue weighted by atomic mass is 10.0. The van der Waals surface area contributed by atoms with Gasteiger partial charge in [-0.1, -0.05) is 30.3 Å². The number of nitrogens with one attached hydrogen (secondary N) is 1. The molecule has 2 atom stereocenters. The molecule has 3 rings (SSSR count). The lowest BCUT2D eigenvalue weighted by Crippen LogP contribution is -2.38. The fourth-order valence-corrected chi connectivity index (χ4v) is 3.58. The monoisotopic (exact) mass is 396 g/mol. The van der Waals surface area contributed by atoms with Crippen LogP contribution in [0.2, 0.25) is 0 Å². The van der Waals surface area contributed by atoms with Crippen molar-refractivity contribution in [2.45, 2.75) is 32.2 Å². The first-order valence-electron chi connectivity index (χ1n) is 9.88. The second kappa shape index (κ2) is 9.45. The highest BCUT2D eigenvalue weighted by atomic mass is 16.5. The van der Waals surface area contributed by atoms with E-state index in [0.29, 0.717) is 23.7 Å². The largest absolute Gasteiger partial charge is 0.497 e. The molecule has 6 heteroatoms. The molecule has 0 saturated carbocycles. The lowest BCUT2D eigenvalue weighted by molar-refractivity contribution is -0.126. The Hall–Kier alpha value is -3.02. The first-order valence-corrected chi connectivity index (χ1v) is 9.88. The van der Waals surface area contributed by atoms with E-state index < -0.39 is 0 Å². The summed E-state index contributed by atoms with van der Waals surface area (Å²) in [6.45, 7) is 2.33. The molecule has 1 fully saturated rings. The molecule has 0 aromatic heterocycles. The standard InChI is InChI=1S/C23H28N2O4/c1-16(9-10-17-7-5-4-6-8-17)24-23(27)18-13-22(26)25(15-18)20-14-19(28-2)11-12-21(20)29-3/h4-8,11-12,14,16,18H,9-10,13,15H2,1-3H3,(H,24,27)/t16-,18-/m0/s1. The van der Waals surface area contributed by atoms with Crippen molar-refractivity contribution in [3.8, 4) is 11.5 Å². The molecule has 1 saturated heterocycles. The van der Waals surface area contributed by atoms with E-state index in [0.717, 1.165) is 12.8 Å². The minimum Gasteiger partial charge on any atom is -0.497 e. The van der Waals surface area contributed by atoms with E-state index in [-0.39, 0.29) is 30.2 Å². The molecule has 1 heterocycles. The Labute approximate surface area is 171 Å². The number of hydrogen-bond donors (Lipinski definition) is 1. The fraction of sp³-hybridized carbons (Fsp3) is 0.391. The SMILES string of the molecule is COc1ccc(OC)c(N2C[C@@H](C(=O)N[C@@H](C)CCc3ccccc3)CC2=O)c1. The highest BCUT2D eigenvalue weighted by Crippen LogP contribution is 2.36. The topological polar surface area (TPSA) is 67.9 Å². The van der Waals surface area contributed by atoms with Crippen molar-refractivity contribution in [2.24, 2.45) is 5.92 Å². The Kier molecular flexibility index (Phi) is 6.75. The summed E-state index contributed by atoms with van der Waals surface area (Å²) in [5.41, 5.74) is 1.88. The first kappa shape index (κ1) is 20.7. The Bertz CT molecular complexity index is 853. The van der Waals surface area contributed by atoms with Crippen molar-refractivity contribution in [2.75, 3.05) is 25.7 Å². The highest BCUT2D eigenvalue weighted by molar-refractivity contribution is 6.01. The second-order valence-corrected chi connectivity index (χ2v) is 7.38. The number of hydrogen-bond acceptors (Lipinski definition) is 4. The van der Waals surface area contributed by atoms with Gasteiger partial charge in [-0.05, 0) is 37.5 Å². The molecule has 29 heavy (non-hydrogen) atoms. The molecule has 1 N–H and O–H groups in total. The predicted octanol–water partition coefficient (Wildman–Crippen LogP) is 3.19. The van der Waals surface area contributed by atoms with Gasteiger partial charge in [-0.3, -0.25) is 9.59 Å². The van der Waals surface area contributed by atoms with Crippen LogP contribution in [-0.2, 0) is 16.0 Å². The minimum atomic E-state index is -0.377. The average Bonchev–Trinajstić information content (AvgIpc) is 3.14. The number of aryl methyl sites for hydroxylation is 1. The maximum atomic E-state index is 12.7. The molecule has 6 nitrogen and oxygen atoms in total. The minimum absolute atomic E-state index is 0.0400. The van der Waals surface area contributed by atoms with Crippen LogP contribution in [0.5, 0.6) is 11.5 Å². The van der Waals surface area contributed by atoms with Gasteiger partial charge in [0, 0.05) is 25.1 Å². The van der Waals surface area contributed by atoms with Gasteiger partial charge in [0.15, 0.2) is 0 Å².